The summed E-state index contributed by atoms with van der Waals surface area (Å²) in [5.74, 6) is -0.0952. The van der Waals surface area contributed by atoms with Gasteiger partial charge < -0.3 is 10.6 Å². The SMILES string of the molecule is CN(CCCN)C(=O)c1cnsn1. The van der Waals surface area contributed by atoms with Crippen LogP contribution in [0, 0.1) is 0 Å². The van der Waals surface area contributed by atoms with E-state index >= 15 is 0 Å². The second-order valence-corrected chi connectivity index (χ2v) is 3.22. The molecule has 0 saturated carbocycles. The average molecular weight is 200 g/mol. The molecule has 0 radical (unpaired) electrons. The van der Waals surface area contributed by atoms with Gasteiger partial charge in [-0.3, -0.25) is 4.79 Å². The van der Waals surface area contributed by atoms with Crippen molar-refractivity contribution in [3.8, 4) is 0 Å². The number of hydrogen-bond donors (Lipinski definition) is 1. The van der Waals surface area contributed by atoms with Crippen LogP contribution >= 0.6 is 11.7 Å². The van der Waals surface area contributed by atoms with Crippen molar-refractivity contribution in [2.75, 3.05) is 20.1 Å². The Morgan fingerprint density at radius 1 is 1.77 bits per heavy atom. The van der Waals surface area contributed by atoms with E-state index in [9.17, 15) is 4.79 Å². The van der Waals surface area contributed by atoms with Gasteiger partial charge in [-0.15, -0.1) is 0 Å². The maximum absolute atomic E-state index is 11.5. The maximum Gasteiger partial charge on any atom is 0.274 e. The van der Waals surface area contributed by atoms with Gasteiger partial charge in [0.1, 0.15) is 0 Å². The first-order valence-electron chi connectivity index (χ1n) is 3.99. The molecule has 0 unspecified atom stereocenters. The van der Waals surface area contributed by atoms with Gasteiger partial charge in [-0.2, -0.15) is 8.75 Å². The molecule has 1 aromatic heterocycles. The summed E-state index contributed by atoms with van der Waals surface area (Å²) in [5.41, 5.74) is 5.74. The lowest BCUT2D eigenvalue weighted by Gasteiger charge is -2.14. The van der Waals surface area contributed by atoms with E-state index in [2.05, 4.69) is 8.75 Å². The Balaban J connectivity index is 2.48. The minimum atomic E-state index is -0.0952. The van der Waals surface area contributed by atoms with Crippen LogP contribution in [0.3, 0.4) is 0 Å². The molecule has 0 aliphatic carbocycles. The van der Waals surface area contributed by atoms with Crippen molar-refractivity contribution in [1.29, 1.82) is 0 Å². The van der Waals surface area contributed by atoms with Crippen molar-refractivity contribution in [2.45, 2.75) is 6.42 Å². The fraction of sp³-hybridized carbons (Fsp3) is 0.571. The van der Waals surface area contributed by atoms with Crippen LogP contribution in [-0.2, 0) is 0 Å². The molecule has 0 spiro atoms. The summed E-state index contributed by atoms with van der Waals surface area (Å²) in [7, 11) is 1.73. The molecular weight excluding hydrogens is 188 g/mol. The largest absolute Gasteiger partial charge is 0.340 e. The number of rotatable bonds is 4. The quantitative estimate of drug-likeness (QED) is 0.740. The van der Waals surface area contributed by atoms with E-state index in [0.717, 1.165) is 18.1 Å². The second kappa shape index (κ2) is 4.88. The van der Waals surface area contributed by atoms with Crippen LogP contribution in [0.2, 0.25) is 0 Å². The number of hydrogen-bond acceptors (Lipinski definition) is 5. The zero-order valence-electron chi connectivity index (χ0n) is 7.43. The lowest BCUT2D eigenvalue weighted by Crippen LogP contribution is -2.29. The minimum absolute atomic E-state index is 0.0952. The van der Waals surface area contributed by atoms with Crippen LogP contribution in [0.1, 0.15) is 16.9 Å². The summed E-state index contributed by atoms with van der Waals surface area (Å²) in [6.07, 6.45) is 2.28. The number of nitrogens with zero attached hydrogens (tertiary/aromatic N) is 3. The Hall–Kier alpha value is -1.01. The summed E-state index contributed by atoms with van der Waals surface area (Å²) in [6, 6.07) is 0. The first kappa shape index (κ1) is 10.1. The predicted molar refractivity (Wildman–Crippen MR) is 50.5 cm³/mol. The monoisotopic (exact) mass is 200 g/mol. The first-order valence-corrected chi connectivity index (χ1v) is 4.72. The Kier molecular flexibility index (Phi) is 3.78. The fourth-order valence-electron chi connectivity index (χ4n) is 0.884. The van der Waals surface area contributed by atoms with E-state index in [0.29, 0.717) is 18.8 Å². The number of carbonyl (C=O) groups excluding carboxylic acids is 1. The Bertz CT molecular complexity index is 261. The molecule has 0 saturated heterocycles. The molecule has 5 nitrogen and oxygen atoms in total. The maximum atomic E-state index is 11.5. The van der Waals surface area contributed by atoms with Crippen LogP contribution < -0.4 is 5.73 Å². The van der Waals surface area contributed by atoms with Crippen molar-refractivity contribution in [3.63, 3.8) is 0 Å². The van der Waals surface area contributed by atoms with Gasteiger partial charge in [0.2, 0.25) is 0 Å². The molecule has 0 fully saturated rings. The van der Waals surface area contributed by atoms with Crippen LogP contribution in [0.5, 0.6) is 0 Å². The topological polar surface area (TPSA) is 72.1 Å². The third-order valence-corrected chi connectivity index (χ3v) is 2.10. The molecule has 13 heavy (non-hydrogen) atoms. The van der Waals surface area contributed by atoms with E-state index in [4.69, 9.17) is 5.73 Å². The standard InChI is InChI=1S/C7H12N4OS/c1-11(4-2-3-8)7(12)6-5-9-13-10-6/h5H,2-4,8H2,1H3. The Labute approximate surface area is 80.9 Å². The van der Waals surface area contributed by atoms with Crippen molar-refractivity contribution < 1.29 is 4.79 Å². The molecule has 0 bridgehead atoms. The molecule has 1 heterocycles. The van der Waals surface area contributed by atoms with Gasteiger partial charge in [-0.1, -0.05) is 0 Å². The van der Waals surface area contributed by atoms with Gasteiger partial charge in [0, 0.05) is 13.6 Å². The molecule has 2 N–H and O–H groups in total. The van der Waals surface area contributed by atoms with Gasteiger partial charge in [0.05, 0.1) is 17.9 Å². The highest BCUT2D eigenvalue weighted by molar-refractivity contribution is 6.99. The zero-order chi connectivity index (χ0) is 9.68. The van der Waals surface area contributed by atoms with Crippen molar-refractivity contribution in [1.82, 2.24) is 13.6 Å². The highest BCUT2D eigenvalue weighted by Gasteiger charge is 2.13. The number of carbonyl (C=O) groups is 1. The molecular formula is C7H12N4OS. The van der Waals surface area contributed by atoms with Crippen LogP contribution in [-0.4, -0.2) is 39.7 Å². The van der Waals surface area contributed by atoms with E-state index in [-0.39, 0.29) is 5.91 Å². The summed E-state index contributed by atoms with van der Waals surface area (Å²) in [6.45, 7) is 1.25. The Morgan fingerprint density at radius 2 is 2.54 bits per heavy atom. The van der Waals surface area contributed by atoms with Gasteiger partial charge in [0.25, 0.3) is 5.91 Å². The molecule has 1 rings (SSSR count). The summed E-state index contributed by atoms with van der Waals surface area (Å²) in [5, 5.41) is 0. The highest BCUT2D eigenvalue weighted by Crippen LogP contribution is 2.00. The summed E-state index contributed by atoms with van der Waals surface area (Å²) < 4.78 is 7.62. The molecule has 0 aliphatic heterocycles. The van der Waals surface area contributed by atoms with Crippen LogP contribution in [0.4, 0.5) is 0 Å². The number of nitrogens with two attached hydrogens (primary N) is 1. The van der Waals surface area contributed by atoms with Crippen molar-refractivity contribution >= 4 is 17.6 Å². The lowest BCUT2D eigenvalue weighted by atomic mass is 10.3. The van der Waals surface area contributed by atoms with Gasteiger partial charge >= 0.3 is 0 Å². The third-order valence-electron chi connectivity index (χ3n) is 1.62. The molecule has 0 atom stereocenters. The predicted octanol–water partition coefficient (Wildman–Crippen LogP) is -0.0411. The van der Waals surface area contributed by atoms with Crippen LogP contribution in [0.25, 0.3) is 0 Å². The zero-order valence-corrected chi connectivity index (χ0v) is 8.25. The smallest absolute Gasteiger partial charge is 0.274 e. The Morgan fingerprint density at radius 3 is 3.08 bits per heavy atom. The molecule has 6 heteroatoms. The van der Waals surface area contributed by atoms with Crippen molar-refractivity contribution in [2.24, 2.45) is 5.73 Å². The highest BCUT2D eigenvalue weighted by atomic mass is 32.1. The normalized spacial score (nSPS) is 10.0. The summed E-state index contributed by atoms with van der Waals surface area (Å²) >= 11 is 1.04. The van der Waals surface area contributed by atoms with Gasteiger partial charge in [0.15, 0.2) is 5.69 Å². The van der Waals surface area contributed by atoms with Crippen LogP contribution in [0.15, 0.2) is 6.20 Å². The fourth-order valence-corrected chi connectivity index (χ4v) is 1.29. The van der Waals surface area contributed by atoms with Gasteiger partial charge in [-0.05, 0) is 13.0 Å². The first-order chi connectivity index (χ1) is 6.25. The van der Waals surface area contributed by atoms with E-state index in [1.807, 2.05) is 0 Å². The number of amides is 1. The third kappa shape index (κ3) is 2.74. The molecule has 1 amide bonds. The van der Waals surface area contributed by atoms with E-state index in [1.54, 1.807) is 11.9 Å². The minimum Gasteiger partial charge on any atom is -0.340 e. The van der Waals surface area contributed by atoms with Crippen molar-refractivity contribution in [3.05, 3.63) is 11.9 Å². The molecule has 0 aliphatic rings. The average Bonchev–Trinajstić information content (AvgIpc) is 2.65. The molecule has 0 aromatic carbocycles. The molecule has 72 valence electrons. The second-order valence-electron chi connectivity index (χ2n) is 2.66. The number of aromatic nitrogens is 2. The van der Waals surface area contributed by atoms with E-state index < -0.39 is 0 Å². The molecule has 1 aromatic rings. The lowest BCUT2D eigenvalue weighted by molar-refractivity contribution is 0.0789. The summed E-state index contributed by atoms with van der Waals surface area (Å²) in [4.78, 5) is 13.1. The van der Waals surface area contributed by atoms with E-state index in [1.165, 1.54) is 6.20 Å². The van der Waals surface area contributed by atoms with Gasteiger partial charge in [-0.25, -0.2) is 0 Å².